The van der Waals surface area contributed by atoms with Gasteiger partial charge in [0.1, 0.15) is 0 Å². The minimum atomic E-state index is -0.496. The van der Waals surface area contributed by atoms with Gasteiger partial charge in [-0.2, -0.15) is 19.7 Å². The van der Waals surface area contributed by atoms with E-state index in [0.717, 1.165) is 0 Å². The van der Waals surface area contributed by atoms with E-state index in [-0.39, 0.29) is 11.3 Å². The first-order chi connectivity index (χ1) is 9.52. The largest absolute Gasteiger partial charge is 0.293 e. The van der Waals surface area contributed by atoms with E-state index in [9.17, 15) is 9.18 Å². The molecule has 2 aromatic rings. The molecule has 9 heteroatoms. The number of rotatable bonds is 4. The molecule has 20 heavy (non-hydrogen) atoms. The maximum atomic E-state index is 13.6. The molecular weight excluding hydrogens is 331 g/mol. The Balaban J connectivity index is 2.04. The highest BCUT2D eigenvalue weighted by atomic mass is 79.9. The summed E-state index contributed by atoms with van der Waals surface area (Å²) in [5.41, 5.74) is 2.68. The monoisotopic (exact) mass is 342 g/mol. The van der Waals surface area contributed by atoms with Crippen LogP contribution in [-0.4, -0.2) is 31.7 Å². The lowest BCUT2D eigenvalue weighted by Crippen LogP contribution is -2.19. The molecule has 0 radical (unpaired) electrons. The minimum absolute atomic E-state index is 0.201. The van der Waals surface area contributed by atoms with E-state index in [2.05, 4.69) is 36.7 Å². The van der Waals surface area contributed by atoms with Gasteiger partial charge in [0.05, 0.1) is 22.4 Å². The number of hydrogen-bond acceptors (Lipinski definition) is 4. The Labute approximate surface area is 122 Å². The molecule has 0 spiro atoms. The van der Waals surface area contributed by atoms with Gasteiger partial charge in [0, 0.05) is 19.8 Å². The molecule has 2 heterocycles. The van der Waals surface area contributed by atoms with Gasteiger partial charge >= 0.3 is 0 Å². The third-order valence-electron chi connectivity index (χ3n) is 2.47. The molecule has 0 aromatic carbocycles. The van der Waals surface area contributed by atoms with E-state index in [1.165, 1.54) is 21.8 Å². The predicted molar refractivity (Wildman–Crippen MR) is 73.8 cm³/mol. The van der Waals surface area contributed by atoms with Crippen molar-refractivity contribution in [2.75, 3.05) is 0 Å². The number of hydrogen-bond donors (Lipinski definition) is 1. The van der Waals surface area contributed by atoms with Crippen LogP contribution in [0.3, 0.4) is 0 Å². The van der Waals surface area contributed by atoms with Crippen LogP contribution < -0.4 is 5.43 Å². The van der Waals surface area contributed by atoms with Crippen LogP contribution in [0.2, 0.25) is 0 Å². The van der Waals surface area contributed by atoms with Gasteiger partial charge in [0.15, 0.2) is 5.69 Å². The van der Waals surface area contributed by atoms with E-state index in [1.54, 1.807) is 20.2 Å². The molecule has 2 rings (SSSR count). The van der Waals surface area contributed by atoms with Crippen molar-refractivity contribution in [3.63, 3.8) is 0 Å². The third-order valence-corrected chi connectivity index (χ3v) is 3.05. The van der Waals surface area contributed by atoms with Crippen LogP contribution in [0.15, 0.2) is 22.0 Å². The lowest BCUT2D eigenvalue weighted by atomic mass is 10.4. The summed E-state index contributed by atoms with van der Waals surface area (Å²) in [5, 5.41) is 11.5. The van der Waals surface area contributed by atoms with Crippen LogP contribution in [0.1, 0.15) is 23.0 Å². The first-order valence-corrected chi connectivity index (χ1v) is 6.56. The molecule has 0 unspecified atom stereocenters. The number of carbonyl (C=O) groups is 1. The summed E-state index contributed by atoms with van der Waals surface area (Å²) < 4.78 is 16.9. The van der Waals surface area contributed by atoms with Gasteiger partial charge in [-0.3, -0.25) is 9.48 Å². The van der Waals surface area contributed by atoms with Crippen molar-refractivity contribution < 1.29 is 9.18 Å². The Morgan fingerprint density at radius 3 is 2.95 bits per heavy atom. The first-order valence-electron chi connectivity index (χ1n) is 5.76. The number of amides is 1. The number of aryl methyl sites for hydroxylation is 2. The SMILES string of the molecule is CCn1ncc(/C=N/NC(=O)c2nn(C)cc2Br)c1F. The van der Waals surface area contributed by atoms with Gasteiger partial charge in [-0.15, -0.1) is 0 Å². The van der Waals surface area contributed by atoms with Gasteiger partial charge in [0.2, 0.25) is 5.95 Å². The van der Waals surface area contributed by atoms with Gasteiger partial charge in [-0.25, -0.2) is 10.1 Å². The topological polar surface area (TPSA) is 77.1 Å². The fourth-order valence-corrected chi connectivity index (χ4v) is 2.07. The molecule has 1 N–H and O–H groups in total. The van der Waals surface area contributed by atoms with Gasteiger partial charge < -0.3 is 0 Å². The fraction of sp³-hybridized carbons (Fsp3) is 0.273. The highest BCUT2D eigenvalue weighted by Crippen LogP contribution is 2.13. The molecule has 0 aliphatic rings. The summed E-state index contributed by atoms with van der Waals surface area (Å²) >= 11 is 3.21. The molecule has 0 bridgehead atoms. The summed E-state index contributed by atoms with van der Waals surface area (Å²) in [6.07, 6.45) is 4.18. The van der Waals surface area contributed by atoms with E-state index in [0.29, 0.717) is 11.0 Å². The Morgan fingerprint density at radius 1 is 1.65 bits per heavy atom. The first kappa shape index (κ1) is 14.4. The van der Waals surface area contributed by atoms with Crippen molar-refractivity contribution in [1.29, 1.82) is 0 Å². The second kappa shape index (κ2) is 5.95. The Morgan fingerprint density at radius 2 is 2.40 bits per heavy atom. The van der Waals surface area contributed by atoms with Crippen molar-refractivity contribution >= 4 is 28.1 Å². The highest BCUT2D eigenvalue weighted by Gasteiger charge is 2.13. The Hall–Kier alpha value is -2.03. The summed E-state index contributed by atoms with van der Waals surface area (Å²) in [6.45, 7) is 2.20. The average molecular weight is 343 g/mol. The standard InChI is InChI=1S/C11H12BrFN6O/c1-3-19-10(13)7(5-15-19)4-14-16-11(20)9-8(12)6-18(2)17-9/h4-6H,3H2,1-2H3,(H,16,20)/b14-4+. The molecule has 0 aliphatic heterocycles. The zero-order chi connectivity index (χ0) is 14.7. The summed E-state index contributed by atoms with van der Waals surface area (Å²) in [6, 6.07) is 0. The molecule has 106 valence electrons. The lowest BCUT2D eigenvalue weighted by Gasteiger charge is -1.96. The number of carbonyl (C=O) groups excluding carboxylic acids is 1. The maximum Gasteiger partial charge on any atom is 0.293 e. The van der Waals surface area contributed by atoms with Crippen LogP contribution in [0.25, 0.3) is 0 Å². The smallest absolute Gasteiger partial charge is 0.274 e. The van der Waals surface area contributed by atoms with Crippen molar-refractivity contribution in [2.24, 2.45) is 12.1 Å². The van der Waals surface area contributed by atoms with Crippen LogP contribution in [0.4, 0.5) is 4.39 Å². The van der Waals surface area contributed by atoms with Gasteiger partial charge in [0.25, 0.3) is 5.91 Å². The fourth-order valence-electron chi connectivity index (χ4n) is 1.52. The zero-order valence-corrected chi connectivity index (χ0v) is 12.4. The molecule has 7 nitrogen and oxygen atoms in total. The van der Waals surface area contributed by atoms with Gasteiger partial charge in [-0.05, 0) is 22.9 Å². The molecule has 0 saturated carbocycles. The highest BCUT2D eigenvalue weighted by molar-refractivity contribution is 9.10. The summed E-state index contributed by atoms with van der Waals surface area (Å²) in [4.78, 5) is 11.8. The number of nitrogens with one attached hydrogen (secondary N) is 1. The molecule has 2 aromatic heterocycles. The van der Waals surface area contributed by atoms with Crippen LogP contribution in [0, 0.1) is 5.95 Å². The van der Waals surface area contributed by atoms with Crippen LogP contribution in [-0.2, 0) is 13.6 Å². The van der Waals surface area contributed by atoms with Crippen molar-refractivity contribution in [2.45, 2.75) is 13.5 Å². The maximum absolute atomic E-state index is 13.6. The number of halogens is 2. The summed E-state index contributed by atoms with van der Waals surface area (Å²) in [5.74, 6) is -0.985. The molecule has 1 amide bonds. The van der Waals surface area contributed by atoms with Crippen molar-refractivity contribution in [3.8, 4) is 0 Å². The lowest BCUT2D eigenvalue weighted by molar-refractivity contribution is 0.0948. The molecule has 0 aliphatic carbocycles. The normalized spacial score (nSPS) is 11.2. The minimum Gasteiger partial charge on any atom is -0.274 e. The third kappa shape index (κ3) is 2.93. The van der Waals surface area contributed by atoms with E-state index in [1.807, 2.05) is 0 Å². The van der Waals surface area contributed by atoms with Crippen molar-refractivity contribution in [1.82, 2.24) is 25.0 Å². The summed E-state index contributed by atoms with van der Waals surface area (Å²) in [7, 11) is 1.69. The quantitative estimate of drug-likeness (QED) is 0.672. The van der Waals surface area contributed by atoms with Crippen LogP contribution in [0.5, 0.6) is 0 Å². The van der Waals surface area contributed by atoms with Gasteiger partial charge in [-0.1, -0.05) is 0 Å². The predicted octanol–water partition coefficient (Wildman–Crippen LogP) is 1.30. The van der Waals surface area contributed by atoms with E-state index < -0.39 is 11.9 Å². The molecule has 0 fully saturated rings. The van der Waals surface area contributed by atoms with Crippen LogP contribution >= 0.6 is 15.9 Å². The Bertz CT molecular complexity index is 662. The number of nitrogens with zero attached hydrogens (tertiary/aromatic N) is 5. The second-order valence-corrected chi connectivity index (χ2v) is 4.76. The molecule has 0 atom stereocenters. The van der Waals surface area contributed by atoms with E-state index >= 15 is 0 Å². The molecular formula is C11H12BrFN6O. The van der Waals surface area contributed by atoms with E-state index in [4.69, 9.17) is 0 Å². The number of hydrazone groups is 1. The average Bonchev–Trinajstić information content (AvgIpc) is 2.93. The Kier molecular flexibility index (Phi) is 4.28. The molecule has 0 saturated heterocycles. The second-order valence-electron chi connectivity index (χ2n) is 3.90. The zero-order valence-electron chi connectivity index (χ0n) is 10.8. The van der Waals surface area contributed by atoms with Crippen molar-refractivity contribution in [3.05, 3.63) is 34.1 Å². The number of aromatic nitrogens is 4.